The number of halogens is 3. The van der Waals surface area contributed by atoms with E-state index in [9.17, 15) is 21.6 Å². The van der Waals surface area contributed by atoms with E-state index in [1.54, 1.807) is 0 Å². The van der Waals surface area contributed by atoms with Crippen LogP contribution in [0.1, 0.15) is 0 Å². The SMILES string of the molecule is C=CC[Si](CC=C)(CC=C)OS(=O)(=O)C(F)(F)F. The average Bonchev–Trinajstić information content (AvgIpc) is 2.15. The van der Waals surface area contributed by atoms with Gasteiger partial charge in [-0.05, 0) is 18.1 Å². The lowest BCUT2D eigenvalue weighted by Gasteiger charge is -2.27. The molecule has 0 aromatic carbocycles. The maximum absolute atomic E-state index is 12.3. The second-order valence-corrected chi connectivity index (χ2v) is 9.27. The first-order valence-electron chi connectivity index (χ1n) is 4.99. The van der Waals surface area contributed by atoms with Crippen molar-refractivity contribution in [2.45, 2.75) is 23.6 Å². The topological polar surface area (TPSA) is 43.4 Å². The van der Waals surface area contributed by atoms with Crippen LogP contribution in [0.3, 0.4) is 0 Å². The number of alkyl halides is 3. The van der Waals surface area contributed by atoms with Gasteiger partial charge in [-0.25, -0.2) is 0 Å². The van der Waals surface area contributed by atoms with Crippen LogP contribution < -0.4 is 0 Å². The molecular formula is C10H15F3O3SSi. The number of hydrogen-bond acceptors (Lipinski definition) is 3. The predicted molar refractivity (Wildman–Crippen MR) is 66.8 cm³/mol. The van der Waals surface area contributed by atoms with Crippen LogP contribution in [0, 0.1) is 0 Å². The maximum Gasteiger partial charge on any atom is 0.522 e. The quantitative estimate of drug-likeness (QED) is 0.392. The van der Waals surface area contributed by atoms with Gasteiger partial charge in [0.15, 0.2) is 0 Å². The Morgan fingerprint density at radius 3 is 1.56 bits per heavy atom. The Morgan fingerprint density at radius 1 is 1.00 bits per heavy atom. The van der Waals surface area contributed by atoms with Gasteiger partial charge in [-0.15, -0.1) is 19.7 Å². The predicted octanol–water partition coefficient (Wildman–Crippen LogP) is 3.36. The van der Waals surface area contributed by atoms with Crippen LogP contribution in [0.5, 0.6) is 0 Å². The Balaban J connectivity index is 5.39. The molecule has 0 aliphatic rings. The summed E-state index contributed by atoms with van der Waals surface area (Å²) in [4.78, 5) is 0. The minimum absolute atomic E-state index is 0.0698. The van der Waals surface area contributed by atoms with Crippen LogP contribution in [0.25, 0.3) is 0 Å². The van der Waals surface area contributed by atoms with Crippen molar-refractivity contribution in [3.05, 3.63) is 38.0 Å². The summed E-state index contributed by atoms with van der Waals surface area (Å²) in [5, 5.41) is 0. The molecule has 8 heteroatoms. The van der Waals surface area contributed by atoms with Gasteiger partial charge < -0.3 is 3.87 Å². The Bertz CT molecular complexity index is 388. The molecular weight excluding hydrogens is 285 g/mol. The molecule has 0 bridgehead atoms. The van der Waals surface area contributed by atoms with Crippen molar-refractivity contribution >= 4 is 18.4 Å². The largest absolute Gasteiger partial charge is 0.522 e. The van der Waals surface area contributed by atoms with E-state index >= 15 is 0 Å². The third kappa shape index (κ3) is 4.43. The van der Waals surface area contributed by atoms with E-state index in [1.165, 1.54) is 18.2 Å². The third-order valence-electron chi connectivity index (χ3n) is 2.12. The number of allylic oxidation sites excluding steroid dienone is 3. The summed E-state index contributed by atoms with van der Waals surface area (Å²) >= 11 is 0. The number of rotatable bonds is 8. The van der Waals surface area contributed by atoms with Crippen molar-refractivity contribution in [2.75, 3.05) is 0 Å². The molecule has 0 saturated carbocycles. The molecule has 0 atom stereocenters. The average molecular weight is 300 g/mol. The fraction of sp³-hybridized carbons (Fsp3) is 0.400. The van der Waals surface area contributed by atoms with E-state index in [0.717, 1.165) is 0 Å². The van der Waals surface area contributed by atoms with Crippen LogP contribution >= 0.6 is 0 Å². The van der Waals surface area contributed by atoms with E-state index in [2.05, 4.69) is 23.6 Å². The maximum atomic E-state index is 12.3. The summed E-state index contributed by atoms with van der Waals surface area (Å²) in [6.07, 6.45) is 4.06. The fourth-order valence-corrected chi connectivity index (χ4v) is 6.56. The van der Waals surface area contributed by atoms with Gasteiger partial charge in [0.05, 0.1) is 0 Å². The molecule has 3 nitrogen and oxygen atoms in total. The highest BCUT2D eigenvalue weighted by atomic mass is 32.2. The number of hydrogen-bond donors (Lipinski definition) is 0. The van der Waals surface area contributed by atoms with E-state index in [0.29, 0.717) is 0 Å². The second kappa shape index (κ2) is 6.35. The van der Waals surface area contributed by atoms with Crippen LogP contribution in [0.15, 0.2) is 38.0 Å². The summed E-state index contributed by atoms with van der Waals surface area (Å²) in [6, 6.07) is 0.209. The molecule has 0 aromatic rings. The lowest BCUT2D eigenvalue weighted by atomic mass is 10.7. The molecule has 0 aromatic heterocycles. The molecule has 18 heavy (non-hydrogen) atoms. The minimum Gasteiger partial charge on any atom is -0.307 e. The lowest BCUT2D eigenvalue weighted by molar-refractivity contribution is -0.0504. The first-order valence-corrected chi connectivity index (χ1v) is 8.92. The van der Waals surface area contributed by atoms with Crippen LogP contribution in [0.2, 0.25) is 18.1 Å². The summed E-state index contributed by atoms with van der Waals surface area (Å²) in [6.45, 7) is 10.2. The smallest absolute Gasteiger partial charge is 0.307 e. The normalized spacial score (nSPS) is 13.1. The summed E-state index contributed by atoms with van der Waals surface area (Å²) in [5.41, 5.74) is -5.42. The Kier molecular flexibility index (Phi) is 6.04. The first kappa shape index (κ1) is 17.1. The van der Waals surface area contributed by atoms with Crippen LogP contribution in [-0.4, -0.2) is 22.2 Å². The van der Waals surface area contributed by atoms with Crippen molar-refractivity contribution in [1.29, 1.82) is 0 Å². The van der Waals surface area contributed by atoms with Crippen molar-refractivity contribution < 1.29 is 25.5 Å². The Labute approximate surface area is 106 Å². The molecule has 0 fully saturated rings. The first-order chi connectivity index (χ1) is 8.14. The molecule has 0 aliphatic carbocycles. The van der Waals surface area contributed by atoms with E-state index in [4.69, 9.17) is 0 Å². The van der Waals surface area contributed by atoms with Gasteiger partial charge in [-0.3, -0.25) is 0 Å². The Hall–Kier alpha value is -0.863. The van der Waals surface area contributed by atoms with Crippen molar-refractivity contribution in [1.82, 2.24) is 0 Å². The molecule has 0 N–H and O–H groups in total. The third-order valence-corrected chi connectivity index (χ3v) is 8.08. The van der Waals surface area contributed by atoms with Crippen LogP contribution in [0.4, 0.5) is 13.2 Å². The zero-order valence-corrected chi connectivity index (χ0v) is 11.6. The van der Waals surface area contributed by atoms with Crippen molar-refractivity contribution in [2.24, 2.45) is 0 Å². The highest BCUT2D eigenvalue weighted by Crippen LogP contribution is 2.33. The van der Waals surface area contributed by atoms with E-state index in [1.807, 2.05) is 0 Å². The molecule has 0 aliphatic heterocycles. The van der Waals surface area contributed by atoms with Gasteiger partial charge in [0, 0.05) is 0 Å². The minimum atomic E-state index is -5.60. The van der Waals surface area contributed by atoms with E-state index in [-0.39, 0.29) is 18.1 Å². The highest BCUT2D eigenvalue weighted by Gasteiger charge is 2.51. The highest BCUT2D eigenvalue weighted by molar-refractivity contribution is 7.88. The lowest BCUT2D eigenvalue weighted by Crippen LogP contribution is -2.42. The Morgan fingerprint density at radius 2 is 1.33 bits per heavy atom. The monoisotopic (exact) mass is 300 g/mol. The van der Waals surface area contributed by atoms with Crippen molar-refractivity contribution in [3.8, 4) is 0 Å². The standard InChI is InChI=1S/C10H15F3O3SSi/c1-4-7-18(8-5-2,9-6-3)16-17(14,15)10(11,12)13/h4-6H,1-3,7-9H2. The molecule has 0 saturated heterocycles. The zero-order valence-electron chi connectivity index (χ0n) is 9.74. The van der Waals surface area contributed by atoms with Gasteiger partial charge in [-0.1, -0.05) is 18.2 Å². The summed E-state index contributed by atoms with van der Waals surface area (Å²) < 4.78 is 63.6. The molecule has 0 spiro atoms. The molecule has 104 valence electrons. The molecule has 0 radical (unpaired) electrons. The summed E-state index contributed by atoms with van der Waals surface area (Å²) in [7, 11) is -8.81. The molecule has 0 unspecified atom stereocenters. The van der Waals surface area contributed by atoms with Gasteiger partial charge >= 0.3 is 15.6 Å². The van der Waals surface area contributed by atoms with Gasteiger partial charge in [0.2, 0.25) is 8.32 Å². The molecule has 0 amide bonds. The van der Waals surface area contributed by atoms with Gasteiger partial charge in [0.1, 0.15) is 0 Å². The molecule has 0 heterocycles. The molecule has 0 rings (SSSR count). The summed E-state index contributed by atoms with van der Waals surface area (Å²) in [5.74, 6) is 0. The fourth-order valence-electron chi connectivity index (χ4n) is 1.42. The van der Waals surface area contributed by atoms with Crippen molar-refractivity contribution in [3.63, 3.8) is 0 Å². The van der Waals surface area contributed by atoms with Gasteiger partial charge in [-0.2, -0.15) is 21.6 Å². The second-order valence-electron chi connectivity index (χ2n) is 3.64. The van der Waals surface area contributed by atoms with E-state index < -0.39 is 23.9 Å². The zero-order chi connectivity index (χ0) is 14.4. The van der Waals surface area contributed by atoms with Crippen LogP contribution in [-0.2, 0) is 14.0 Å². The van der Waals surface area contributed by atoms with Gasteiger partial charge in [0.25, 0.3) is 0 Å².